The molecular weight excluding hydrogens is 182 g/mol. The van der Waals surface area contributed by atoms with E-state index in [2.05, 4.69) is 11.8 Å². The summed E-state index contributed by atoms with van der Waals surface area (Å²) >= 11 is 2.08. The zero-order valence-corrected chi connectivity index (χ0v) is 8.89. The Labute approximate surface area is 84.6 Å². The standard InChI is InChI=1S/C10H19NOS/c11-10(9-2-1-7-13-9)8-3-5-12-6-4-8/h8-10H,1-7,11H2. The third-order valence-corrected chi connectivity index (χ3v) is 4.71. The lowest BCUT2D eigenvalue weighted by Crippen LogP contribution is -2.41. The van der Waals surface area contributed by atoms with Crippen LogP contribution in [-0.2, 0) is 4.74 Å². The second-order valence-corrected chi connectivity index (χ2v) is 5.43. The average Bonchev–Trinajstić information content (AvgIpc) is 2.71. The Balaban J connectivity index is 1.83. The topological polar surface area (TPSA) is 35.2 Å². The van der Waals surface area contributed by atoms with E-state index in [1.54, 1.807) is 0 Å². The summed E-state index contributed by atoms with van der Waals surface area (Å²) < 4.78 is 5.35. The van der Waals surface area contributed by atoms with E-state index in [9.17, 15) is 0 Å². The average molecular weight is 201 g/mol. The SMILES string of the molecule is NC(C1CCOCC1)C1CCCS1. The number of rotatable bonds is 2. The lowest BCUT2D eigenvalue weighted by molar-refractivity contribution is 0.0581. The van der Waals surface area contributed by atoms with Gasteiger partial charge >= 0.3 is 0 Å². The fraction of sp³-hybridized carbons (Fsp3) is 1.00. The Hall–Kier alpha value is 0.270. The van der Waals surface area contributed by atoms with Crippen molar-refractivity contribution in [3.8, 4) is 0 Å². The fourth-order valence-corrected chi connectivity index (χ4v) is 3.72. The third-order valence-electron chi connectivity index (χ3n) is 3.20. The molecule has 3 heteroatoms. The van der Waals surface area contributed by atoms with Crippen LogP contribution in [0, 0.1) is 5.92 Å². The van der Waals surface area contributed by atoms with E-state index in [4.69, 9.17) is 10.5 Å². The first-order valence-electron chi connectivity index (χ1n) is 5.33. The van der Waals surface area contributed by atoms with Crippen LogP contribution >= 0.6 is 11.8 Å². The summed E-state index contributed by atoms with van der Waals surface area (Å²) in [6.45, 7) is 1.85. The van der Waals surface area contributed by atoms with E-state index >= 15 is 0 Å². The highest BCUT2D eigenvalue weighted by molar-refractivity contribution is 8.00. The first-order chi connectivity index (χ1) is 6.38. The molecule has 2 saturated heterocycles. The molecule has 2 heterocycles. The molecule has 2 N–H and O–H groups in total. The smallest absolute Gasteiger partial charge is 0.0469 e. The van der Waals surface area contributed by atoms with Gasteiger partial charge in [0, 0.05) is 24.5 Å². The van der Waals surface area contributed by atoms with Crippen molar-refractivity contribution in [3.05, 3.63) is 0 Å². The van der Waals surface area contributed by atoms with Gasteiger partial charge < -0.3 is 10.5 Å². The lowest BCUT2D eigenvalue weighted by atomic mass is 9.89. The van der Waals surface area contributed by atoms with Gasteiger partial charge in [0.25, 0.3) is 0 Å². The van der Waals surface area contributed by atoms with Crippen LogP contribution in [0.25, 0.3) is 0 Å². The van der Waals surface area contributed by atoms with E-state index < -0.39 is 0 Å². The predicted octanol–water partition coefficient (Wildman–Crippen LogP) is 1.64. The quantitative estimate of drug-likeness (QED) is 0.737. The Kier molecular flexibility index (Phi) is 3.52. The summed E-state index contributed by atoms with van der Waals surface area (Å²) in [4.78, 5) is 0. The molecule has 13 heavy (non-hydrogen) atoms. The van der Waals surface area contributed by atoms with Gasteiger partial charge in [-0.15, -0.1) is 0 Å². The largest absolute Gasteiger partial charge is 0.381 e. The summed E-state index contributed by atoms with van der Waals surface area (Å²) in [5.41, 5.74) is 6.28. The zero-order valence-electron chi connectivity index (χ0n) is 8.08. The molecular formula is C10H19NOS. The van der Waals surface area contributed by atoms with Crippen molar-refractivity contribution < 1.29 is 4.74 Å². The summed E-state index contributed by atoms with van der Waals surface area (Å²) in [5.74, 6) is 2.05. The third kappa shape index (κ3) is 2.39. The minimum absolute atomic E-state index is 0.427. The van der Waals surface area contributed by atoms with Crippen LogP contribution in [0.2, 0.25) is 0 Å². The van der Waals surface area contributed by atoms with E-state index in [0.717, 1.165) is 24.4 Å². The van der Waals surface area contributed by atoms with Crippen molar-refractivity contribution in [3.63, 3.8) is 0 Å². The van der Waals surface area contributed by atoms with Crippen molar-refractivity contribution in [1.29, 1.82) is 0 Å². The molecule has 0 aromatic rings. The molecule has 0 amide bonds. The van der Waals surface area contributed by atoms with Crippen LogP contribution in [0.5, 0.6) is 0 Å². The number of thioether (sulfide) groups is 1. The van der Waals surface area contributed by atoms with Crippen LogP contribution in [0.4, 0.5) is 0 Å². The van der Waals surface area contributed by atoms with Gasteiger partial charge in [0.1, 0.15) is 0 Å². The molecule has 2 aliphatic rings. The van der Waals surface area contributed by atoms with Crippen molar-refractivity contribution in [1.82, 2.24) is 0 Å². The van der Waals surface area contributed by atoms with Gasteiger partial charge in [-0.2, -0.15) is 11.8 Å². The van der Waals surface area contributed by atoms with E-state index in [-0.39, 0.29) is 0 Å². The Bertz CT molecular complexity index is 153. The molecule has 2 nitrogen and oxygen atoms in total. The van der Waals surface area contributed by atoms with Crippen molar-refractivity contribution in [2.45, 2.75) is 37.0 Å². The highest BCUT2D eigenvalue weighted by Gasteiger charge is 2.30. The van der Waals surface area contributed by atoms with Crippen LogP contribution in [0.3, 0.4) is 0 Å². The summed E-state index contributed by atoms with van der Waals surface area (Å²) in [6.07, 6.45) is 5.06. The van der Waals surface area contributed by atoms with Gasteiger partial charge in [-0.05, 0) is 37.4 Å². The lowest BCUT2D eigenvalue weighted by Gasteiger charge is -2.30. The summed E-state index contributed by atoms with van der Waals surface area (Å²) in [5, 5.41) is 0.739. The van der Waals surface area contributed by atoms with Crippen LogP contribution < -0.4 is 5.73 Å². The van der Waals surface area contributed by atoms with E-state index in [1.165, 1.54) is 31.4 Å². The first-order valence-corrected chi connectivity index (χ1v) is 6.38. The van der Waals surface area contributed by atoms with Gasteiger partial charge in [0.15, 0.2) is 0 Å². The minimum Gasteiger partial charge on any atom is -0.381 e. The normalized spacial score (nSPS) is 33.5. The molecule has 2 aliphatic heterocycles. The van der Waals surface area contributed by atoms with Crippen molar-refractivity contribution >= 4 is 11.8 Å². The van der Waals surface area contributed by atoms with E-state index in [0.29, 0.717) is 6.04 Å². The van der Waals surface area contributed by atoms with Crippen molar-refractivity contribution in [2.24, 2.45) is 11.7 Å². The Morgan fingerprint density at radius 2 is 2.00 bits per heavy atom. The second kappa shape index (κ2) is 4.67. The van der Waals surface area contributed by atoms with Crippen LogP contribution in [0.1, 0.15) is 25.7 Å². The molecule has 2 atom stereocenters. The Morgan fingerprint density at radius 1 is 1.23 bits per heavy atom. The zero-order chi connectivity index (χ0) is 9.10. The Morgan fingerprint density at radius 3 is 2.62 bits per heavy atom. The van der Waals surface area contributed by atoms with Crippen LogP contribution in [0.15, 0.2) is 0 Å². The maximum atomic E-state index is 6.28. The summed E-state index contributed by atoms with van der Waals surface area (Å²) in [6, 6.07) is 0.427. The summed E-state index contributed by atoms with van der Waals surface area (Å²) in [7, 11) is 0. The fourth-order valence-electron chi connectivity index (χ4n) is 2.31. The molecule has 0 radical (unpaired) electrons. The highest BCUT2D eigenvalue weighted by atomic mass is 32.2. The first kappa shape index (κ1) is 9.81. The maximum absolute atomic E-state index is 6.28. The minimum atomic E-state index is 0.427. The maximum Gasteiger partial charge on any atom is 0.0469 e. The molecule has 0 aromatic carbocycles. The molecule has 0 aliphatic carbocycles. The molecule has 0 aromatic heterocycles. The predicted molar refractivity (Wildman–Crippen MR) is 57.0 cm³/mol. The molecule has 0 bridgehead atoms. The molecule has 2 rings (SSSR count). The molecule has 0 saturated carbocycles. The number of ether oxygens (including phenoxy) is 1. The van der Waals surface area contributed by atoms with E-state index in [1.807, 2.05) is 0 Å². The number of hydrogen-bond donors (Lipinski definition) is 1. The molecule has 2 unspecified atom stereocenters. The molecule has 76 valence electrons. The van der Waals surface area contributed by atoms with Gasteiger partial charge in [-0.3, -0.25) is 0 Å². The van der Waals surface area contributed by atoms with Gasteiger partial charge in [0.05, 0.1) is 0 Å². The van der Waals surface area contributed by atoms with Gasteiger partial charge in [-0.1, -0.05) is 0 Å². The van der Waals surface area contributed by atoms with Crippen molar-refractivity contribution in [2.75, 3.05) is 19.0 Å². The van der Waals surface area contributed by atoms with Crippen LogP contribution in [-0.4, -0.2) is 30.3 Å². The number of nitrogens with two attached hydrogens (primary N) is 1. The monoisotopic (exact) mass is 201 g/mol. The van der Waals surface area contributed by atoms with Gasteiger partial charge in [0.2, 0.25) is 0 Å². The highest BCUT2D eigenvalue weighted by Crippen LogP contribution is 2.33. The molecule has 2 fully saturated rings. The number of hydrogen-bond acceptors (Lipinski definition) is 3. The molecule has 0 spiro atoms. The second-order valence-electron chi connectivity index (χ2n) is 4.08. The van der Waals surface area contributed by atoms with Gasteiger partial charge in [-0.25, -0.2) is 0 Å².